The highest BCUT2D eigenvalue weighted by Gasteiger charge is 2.28. The van der Waals surface area contributed by atoms with Gasteiger partial charge in [0.1, 0.15) is 11.3 Å². The van der Waals surface area contributed by atoms with Crippen molar-refractivity contribution in [1.29, 1.82) is 0 Å². The Hall–Kier alpha value is -3.74. The largest absolute Gasteiger partial charge is 0.496 e. The highest BCUT2D eigenvalue weighted by Crippen LogP contribution is 2.24. The molecule has 0 amide bonds. The summed E-state index contributed by atoms with van der Waals surface area (Å²) < 4.78 is 10.3. The van der Waals surface area contributed by atoms with Gasteiger partial charge in [-0.25, -0.2) is 9.79 Å². The molecule has 7 nitrogen and oxygen atoms in total. The van der Waals surface area contributed by atoms with Crippen LogP contribution in [0.1, 0.15) is 11.1 Å². The molecule has 0 N–H and O–H groups in total. The monoisotopic (exact) mass is 350 g/mol. The number of allylic oxidation sites excluding steroid dienone is 2. The highest BCUT2D eigenvalue weighted by molar-refractivity contribution is 6.12. The van der Waals surface area contributed by atoms with Crippen molar-refractivity contribution >= 4 is 23.6 Å². The number of nitro benzene ring substituents is 1. The van der Waals surface area contributed by atoms with Gasteiger partial charge in [0.2, 0.25) is 5.90 Å². The average Bonchev–Trinajstić information content (AvgIpc) is 3.03. The zero-order chi connectivity index (χ0) is 18.5. The first-order chi connectivity index (χ1) is 12.6. The molecule has 0 unspecified atom stereocenters. The number of hydrogen-bond donors (Lipinski definition) is 0. The van der Waals surface area contributed by atoms with Gasteiger partial charge < -0.3 is 9.47 Å². The predicted octanol–water partition coefficient (Wildman–Crippen LogP) is 3.50. The minimum absolute atomic E-state index is 0.0595. The van der Waals surface area contributed by atoms with Gasteiger partial charge in [0.05, 0.1) is 12.0 Å². The Balaban J connectivity index is 1.88. The van der Waals surface area contributed by atoms with Crippen molar-refractivity contribution in [3.8, 4) is 5.75 Å². The molecule has 0 spiro atoms. The van der Waals surface area contributed by atoms with Crippen molar-refractivity contribution in [1.82, 2.24) is 0 Å². The van der Waals surface area contributed by atoms with Crippen LogP contribution < -0.4 is 4.74 Å². The van der Waals surface area contributed by atoms with Gasteiger partial charge in [-0.3, -0.25) is 10.1 Å². The van der Waals surface area contributed by atoms with Crippen molar-refractivity contribution in [2.75, 3.05) is 7.11 Å². The molecule has 0 aliphatic carbocycles. The number of carbonyl (C=O) groups is 1. The quantitative estimate of drug-likeness (QED) is 0.356. The van der Waals surface area contributed by atoms with Gasteiger partial charge in [-0.05, 0) is 18.2 Å². The second-order valence-electron chi connectivity index (χ2n) is 5.23. The molecule has 0 radical (unpaired) electrons. The van der Waals surface area contributed by atoms with Gasteiger partial charge in [-0.1, -0.05) is 42.5 Å². The van der Waals surface area contributed by atoms with Crippen LogP contribution in [0, 0.1) is 10.1 Å². The number of benzene rings is 2. The molecule has 0 atom stereocenters. The number of hydrogen-bond acceptors (Lipinski definition) is 6. The zero-order valence-electron chi connectivity index (χ0n) is 13.8. The molecule has 2 aromatic carbocycles. The van der Waals surface area contributed by atoms with E-state index in [0.717, 1.165) is 5.56 Å². The first kappa shape index (κ1) is 17.1. The number of aliphatic imine (C=N–C) groups is 1. The Morgan fingerprint density at radius 1 is 1.15 bits per heavy atom. The van der Waals surface area contributed by atoms with Crippen molar-refractivity contribution < 1.29 is 19.2 Å². The van der Waals surface area contributed by atoms with E-state index >= 15 is 0 Å². The number of ether oxygens (including phenoxy) is 2. The lowest BCUT2D eigenvalue weighted by molar-refractivity contribution is -0.385. The summed E-state index contributed by atoms with van der Waals surface area (Å²) in [7, 11) is 1.57. The Kier molecular flexibility index (Phi) is 4.89. The van der Waals surface area contributed by atoms with Crippen LogP contribution in [-0.2, 0) is 9.53 Å². The molecular formula is C19H14N2O5. The van der Waals surface area contributed by atoms with E-state index in [0.29, 0.717) is 5.75 Å². The number of cyclic esters (lactones) is 1. The fourth-order valence-corrected chi connectivity index (χ4v) is 2.40. The summed E-state index contributed by atoms with van der Waals surface area (Å²) in [5.74, 6) is -0.0534. The van der Waals surface area contributed by atoms with E-state index in [4.69, 9.17) is 9.47 Å². The minimum atomic E-state index is -0.664. The van der Waals surface area contributed by atoms with Gasteiger partial charge in [0.25, 0.3) is 5.69 Å². The van der Waals surface area contributed by atoms with Crippen molar-refractivity contribution in [2.45, 2.75) is 0 Å². The smallest absolute Gasteiger partial charge is 0.363 e. The zero-order valence-corrected chi connectivity index (χ0v) is 13.8. The lowest BCUT2D eigenvalue weighted by atomic mass is 10.2. The minimum Gasteiger partial charge on any atom is -0.496 e. The van der Waals surface area contributed by atoms with Crippen LogP contribution in [0.4, 0.5) is 5.69 Å². The molecule has 0 saturated heterocycles. The molecule has 0 fully saturated rings. The third-order valence-electron chi connectivity index (χ3n) is 3.62. The van der Waals surface area contributed by atoms with Crippen LogP contribution in [0.2, 0.25) is 0 Å². The number of methoxy groups -OCH3 is 1. The summed E-state index contributed by atoms with van der Waals surface area (Å²) in [5, 5.41) is 11.1. The maximum Gasteiger partial charge on any atom is 0.363 e. The molecule has 0 aromatic heterocycles. The fourth-order valence-electron chi connectivity index (χ4n) is 2.40. The van der Waals surface area contributed by atoms with E-state index in [-0.39, 0.29) is 22.8 Å². The van der Waals surface area contributed by atoms with Crippen LogP contribution in [0.5, 0.6) is 5.75 Å². The Labute approximate surface area is 149 Å². The standard InChI is InChI=1S/C19H14N2O5/c1-25-17-12-5-2-7-13(17)8-6-10-15-19(22)26-18(20-15)14-9-3-4-11-16(14)21(23)24/h2-12H,1H3. The number of nitrogens with zero attached hydrogens (tertiary/aromatic N) is 2. The van der Waals surface area contributed by atoms with Crippen LogP contribution in [0.15, 0.2) is 71.4 Å². The van der Waals surface area contributed by atoms with Crippen LogP contribution in [0.25, 0.3) is 6.08 Å². The van der Waals surface area contributed by atoms with Gasteiger partial charge >= 0.3 is 5.97 Å². The van der Waals surface area contributed by atoms with Crippen molar-refractivity contribution in [3.63, 3.8) is 0 Å². The third kappa shape index (κ3) is 3.51. The molecule has 0 saturated carbocycles. The Bertz CT molecular complexity index is 960. The summed E-state index contributed by atoms with van der Waals surface area (Å²) >= 11 is 0. The van der Waals surface area contributed by atoms with E-state index in [1.165, 1.54) is 24.3 Å². The summed E-state index contributed by atoms with van der Waals surface area (Å²) in [6.45, 7) is 0. The molecule has 1 aliphatic heterocycles. The SMILES string of the molecule is COc1ccccc1C=CC=C1N=C(c2ccccc2[N+](=O)[O-])OC1=O. The summed E-state index contributed by atoms with van der Waals surface area (Å²) in [4.78, 5) is 26.6. The average molecular weight is 350 g/mol. The fraction of sp³-hybridized carbons (Fsp3) is 0.0526. The maximum absolute atomic E-state index is 12.0. The van der Waals surface area contributed by atoms with E-state index in [9.17, 15) is 14.9 Å². The van der Waals surface area contributed by atoms with E-state index in [2.05, 4.69) is 4.99 Å². The normalized spacial score (nSPS) is 15.2. The second kappa shape index (κ2) is 7.43. The summed E-state index contributed by atoms with van der Waals surface area (Å²) in [6.07, 6.45) is 4.88. The number of carbonyl (C=O) groups excluding carboxylic acids is 1. The van der Waals surface area contributed by atoms with E-state index in [1.54, 1.807) is 25.3 Å². The summed E-state index contributed by atoms with van der Waals surface area (Å²) in [5.41, 5.74) is 0.873. The molecule has 26 heavy (non-hydrogen) atoms. The molecule has 2 aromatic rings. The van der Waals surface area contributed by atoms with Crippen LogP contribution >= 0.6 is 0 Å². The van der Waals surface area contributed by atoms with Crippen molar-refractivity contribution in [2.24, 2.45) is 4.99 Å². The molecule has 7 heteroatoms. The predicted molar refractivity (Wildman–Crippen MR) is 95.8 cm³/mol. The lowest BCUT2D eigenvalue weighted by Crippen LogP contribution is -2.07. The molecule has 0 bridgehead atoms. The lowest BCUT2D eigenvalue weighted by Gasteiger charge is -2.02. The van der Waals surface area contributed by atoms with Gasteiger partial charge in [-0.2, -0.15) is 0 Å². The van der Waals surface area contributed by atoms with Gasteiger partial charge in [0, 0.05) is 11.6 Å². The van der Waals surface area contributed by atoms with E-state index < -0.39 is 10.9 Å². The molecule has 130 valence electrons. The van der Waals surface area contributed by atoms with Crippen LogP contribution in [0.3, 0.4) is 0 Å². The Morgan fingerprint density at radius 3 is 2.65 bits per heavy atom. The topological polar surface area (TPSA) is 91.0 Å². The second-order valence-corrected chi connectivity index (χ2v) is 5.23. The maximum atomic E-state index is 12.0. The van der Waals surface area contributed by atoms with Gasteiger partial charge in [-0.15, -0.1) is 0 Å². The third-order valence-corrected chi connectivity index (χ3v) is 3.62. The number of para-hydroxylation sites is 2. The Morgan fingerprint density at radius 2 is 1.88 bits per heavy atom. The first-order valence-electron chi connectivity index (χ1n) is 7.66. The molecule has 1 aliphatic rings. The molecule has 1 heterocycles. The summed E-state index contributed by atoms with van der Waals surface area (Å²) in [6, 6.07) is 13.4. The van der Waals surface area contributed by atoms with E-state index in [1.807, 2.05) is 24.3 Å². The molecule has 3 rings (SSSR count). The number of rotatable bonds is 5. The molecular weight excluding hydrogens is 336 g/mol. The first-order valence-corrected chi connectivity index (χ1v) is 7.66. The van der Waals surface area contributed by atoms with Crippen molar-refractivity contribution in [3.05, 3.63) is 87.6 Å². The highest BCUT2D eigenvalue weighted by atomic mass is 16.6. The number of esters is 1. The number of nitro groups is 1. The van der Waals surface area contributed by atoms with Crippen LogP contribution in [-0.4, -0.2) is 23.9 Å². The van der Waals surface area contributed by atoms with Gasteiger partial charge in [0.15, 0.2) is 5.70 Å².